The lowest BCUT2D eigenvalue weighted by molar-refractivity contribution is -0.0511. The zero-order chi connectivity index (χ0) is 22.0. The van der Waals surface area contributed by atoms with Gasteiger partial charge in [0.2, 0.25) is 5.28 Å². The van der Waals surface area contributed by atoms with Crippen molar-refractivity contribution in [3.63, 3.8) is 0 Å². The van der Waals surface area contributed by atoms with Gasteiger partial charge in [-0.2, -0.15) is 9.97 Å². The van der Waals surface area contributed by atoms with E-state index in [1.807, 2.05) is 0 Å². The molecule has 1 spiro atoms. The minimum Gasteiger partial charge on any atom is -0.394 e. The molecule has 0 bridgehead atoms. The first-order valence-electron chi connectivity index (χ1n) is 10.9. The first kappa shape index (κ1) is 20.3. The van der Waals surface area contributed by atoms with Crippen LogP contribution in [0.5, 0.6) is 0 Å². The van der Waals surface area contributed by atoms with Gasteiger partial charge in [-0.3, -0.25) is 4.57 Å². The van der Waals surface area contributed by atoms with E-state index in [0.29, 0.717) is 17.0 Å². The molecule has 2 aliphatic heterocycles. The first-order valence-corrected chi connectivity index (χ1v) is 11.2. The number of hydrogen-bond acceptors (Lipinski definition) is 8. The smallest absolute Gasteiger partial charge is 0.226 e. The number of aliphatic hydroxyl groups excluding tert-OH is 3. The quantitative estimate of drug-likeness (QED) is 0.502. The van der Waals surface area contributed by atoms with Gasteiger partial charge in [0.15, 0.2) is 23.2 Å². The molecule has 2 aromatic heterocycles. The molecule has 1 aromatic carbocycles. The Morgan fingerprint density at radius 1 is 1.16 bits per heavy atom. The highest BCUT2D eigenvalue weighted by Gasteiger charge is 2.46. The summed E-state index contributed by atoms with van der Waals surface area (Å²) < 4.78 is 7.21. The van der Waals surface area contributed by atoms with E-state index in [1.165, 1.54) is 17.5 Å². The second kappa shape index (κ2) is 7.36. The predicted octanol–water partition coefficient (Wildman–Crippen LogP) is 1.19. The summed E-state index contributed by atoms with van der Waals surface area (Å²) >= 11 is 6.31. The number of aryl methyl sites for hydroxylation is 1. The minimum atomic E-state index is -1.23. The minimum absolute atomic E-state index is 0.0776. The molecular weight excluding hydrogens is 434 g/mol. The van der Waals surface area contributed by atoms with E-state index in [1.54, 1.807) is 4.57 Å². The first-order chi connectivity index (χ1) is 15.5. The molecule has 3 N–H and O–H groups in total. The second-order valence-corrected chi connectivity index (χ2v) is 9.32. The van der Waals surface area contributed by atoms with Gasteiger partial charge in [0.1, 0.15) is 18.3 Å². The van der Waals surface area contributed by atoms with E-state index in [4.69, 9.17) is 16.3 Å². The Morgan fingerprint density at radius 3 is 2.81 bits per heavy atom. The third-order valence-electron chi connectivity index (χ3n) is 7.28. The lowest BCUT2D eigenvalue weighted by Crippen LogP contribution is -2.33. The van der Waals surface area contributed by atoms with Gasteiger partial charge in [-0.25, -0.2) is 4.98 Å². The van der Waals surface area contributed by atoms with Gasteiger partial charge in [0.05, 0.1) is 12.9 Å². The summed E-state index contributed by atoms with van der Waals surface area (Å²) in [4.78, 5) is 15.6. The predicted molar refractivity (Wildman–Crippen MR) is 117 cm³/mol. The van der Waals surface area contributed by atoms with Crippen molar-refractivity contribution in [2.45, 2.75) is 49.2 Å². The van der Waals surface area contributed by atoms with Crippen molar-refractivity contribution >= 4 is 28.6 Å². The van der Waals surface area contributed by atoms with Crippen LogP contribution in [0.4, 0.5) is 5.82 Å². The molecule has 3 aromatic rings. The molecule has 6 rings (SSSR count). The number of rotatable bonds is 3. The van der Waals surface area contributed by atoms with Crippen molar-refractivity contribution in [3.05, 3.63) is 47.0 Å². The Kier molecular flexibility index (Phi) is 4.67. The highest BCUT2D eigenvalue weighted by atomic mass is 35.5. The van der Waals surface area contributed by atoms with E-state index >= 15 is 0 Å². The molecule has 1 aliphatic carbocycles. The maximum Gasteiger partial charge on any atom is 0.226 e. The number of hydrogen-bond donors (Lipinski definition) is 3. The fourth-order valence-electron chi connectivity index (χ4n) is 5.63. The van der Waals surface area contributed by atoms with Gasteiger partial charge < -0.3 is 25.0 Å². The van der Waals surface area contributed by atoms with Crippen molar-refractivity contribution in [3.8, 4) is 0 Å². The zero-order valence-electron chi connectivity index (χ0n) is 17.3. The molecule has 10 heteroatoms. The summed E-state index contributed by atoms with van der Waals surface area (Å²) in [5.74, 6) is 0.659. The standard InChI is InChI=1S/C22H24ClN5O4/c23-21-25-18(27-8-7-22(10-27)6-5-12-3-1-2-4-13(12)22)15-19(26-21)28(11-24-15)20-17(31)16(30)14(9-29)32-20/h1-4,11,14,16-17,20,29-31H,5-10H2/t14-,16?,17?,20-,22?/m1/s1. The molecule has 168 valence electrons. The molecule has 9 nitrogen and oxygen atoms in total. The molecule has 5 atom stereocenters. The summed E-state index contributed by atoms with van der Waals surface area (Å²) in [5.41, 5.74) is 3.94. The van der Waals surface area contributed by atoms with E-state index in [2.05, 4.69) is 44.1 Å². The van der Waals surface area contributed by atoms with Crippen molar-refractivity contribution in [1.82, 2.24) is 19.5 Å². The zero-order valence-corrected chi connectivity index (χ0v) is 18.1. The second-order valence-electron chi connectivity index (χ2n) is 8.98. The Balaban J connectivity index is 1.37. The van der Waals surface area contributed by atoms with Crippen LogP contribution in [0.25, 0.3) is 11.2 Å². The van der Waals surface area contributed by atoms with Crippen LogP contribution in [-0.2, 0) is 16.6 Å². The largest absolute Gasteiger partial charge is 0.394 e. The number of aliphatic hydroxyl groups is 3. The van der Waals surface area contributed by atoms with E-state index in [-0.39, 0.29) is 10.7 Å². The van der Waals surface area contributed by atoms with Crippen LogP contribution >= 0.6 is 11.6 Å². The third kappa shape index (κ3) is 2.89. The van der Waals surface area contributed by atoms with Gasteiger partial charge in [0.25, 0.3) is 0 Å². The van der Waals surface area contributed by atoms with Gasteiger partial charge in [-0.1, -0.05) is 24.3 Å². The maximum atomic E-state index is 10.5. The molecule has 0 saturated carbocycles. The Morgan fingerprint density at radius 2 is 2.00 bits per heavy atom. The summed E-state index contributed by atoms with van der Waals surface area (Å²) in [7, 11) is 0. The normalized spacial score (nSPS) is 31.8. The highest BCUT2D eigenvalue weighted by molar-refractivity contribution is 6.28. The summed E-state index contributed by atoms with van der Waals surface area (Å²) in [6.45, 7) is 1.25. The molecule has 0 amide bonds. The van der Waals surface area contributed by atoms with Crippen LogP contribution in [0.1, 0.15) is 30.2 Å². The number of anilines is 1. The number of ether oxygens (including phenoxy) is 1. The van der Waals surface area contributed by atoms with Crippen LogP contribution < -0.4 is 4.90 Å². The van der Waals surface area contributed by atoms with Crippen LogP contribution in [-0.4, -0.2) is 72.8 Å². The number of imidazole rings is 1. The fourth-order valence-corrected chi connectivity index (χ4v) is 5.79. The molecule has 32 heavy (non-hydrogen) atoms. The van der Waals surface area contributed by atoms with Crippen LogP contribution in [0.15, 0.2) is 30.6 Å². The summed E-state index contributed by atoms with van der Waals surface area (Å²) in [6, 6.07) is 8.67. The molecule has 2 saturated heterocycles. The van der Waals surface area contributed by atoms with Gasteiger partial charge >= 0.3 is 0 Å². The lowest BCUT2D eigenvalue weighted by atomic mass is 9.81. The van der Waals surface area contributed by atoms with Crippen LogP contribution in [0.3, 0.4) is 0 Å². The van der Waals surface area contributed by atoms with Gasteiger partial charge in [-0.15, -0.1) is 0 Å². The average molecular weight is 458 g/mol. The fraction of sp³-hybridized carbons (Fsp3) is 0.500. The van der Waals surface area contributed by atoms with Crippen molar-refractivity contribution < 1.29 is 20.1 Å². The number of halogens is 1. The molecular formula is C22H24ClN5O4. The Bertz CT molecular complexity index is 1190. The Hall–Kier alpha value is -2.30. The molecule has 2 fully saturated rings. The van der Waals surface area contributed by atoms with Crippen molar-refractivity contribution in [2.75, 3.05) is 24.6 Å². The van der Waals surface area contributed by atoms with E-state index in [9.17, 15) is 15.3 Å². The number of fused-ring (bicyclic) bond motifs is 3. The van der Waals surface area contributed by atoms with E-state index < -0.39 is 31.1 Å². The number of aromatic nitrogens is 4. The maximum absolute atomic E-state index is 10.5. The van der Waals surface area contributed by atoms with Crippen molar-refractivity contribution in [2.24, 2.45) is 0 Å². The third-order valence-corrected chi connectivity index (χ3v) is 7.45. The monoisotopic (exact) mass is 457 g/mol. The molecule has 3 aliphatic rings. The summed E-state index contributed by atoms with van der Waals surface area (Å²) in [5, 5.41) is 30.1. The number of nitrogens with zero attached hydrogens (tertiary/aromatic N) is 5. The van der Waals surface area contributed by atoms with Gasteiger partial charge in [0, 0.05) is 18.5 Å². The lowest BCUT2D eigenvalue weighted by Gasteiger charge is -2.26. The average Bonchev–Trinajstić information content (AvgIpc) is 3.56. The highest BCUT2D eigenvalue weighted by Crippen LogP contribution is 2.47. The molecule has 3 unspecified atom stereocenters. The molecule has 0 radical (unpaired) electrons. The molecule has 4 heterocycles. The van der Waals surface area contributed by atoms with Crippen LogP contribution in [0, 0.1) is 0 Å². The topological polar surface area (TPSA) is 117 Å². The Labute approximate surface area is 189 Å². The van der Waals surface area contributed by atoms with E-state index in [0.717, 1.165) is 32.4 Å². The van der Waals surface area contributed by atoms with Gasteiger partial charge in [-0.05, 0) is 42.0 Å². The SMILES string of the molecule is OC[C@H]1O[C@@H](n2cnc3c(N4CCC5(CCc6ccccc65)C4)nc(Cl)nc32)C(O)C1O. The summed E-state index contributed by atoms with van der Waals surface area (Å²) in [6.07, 6.45) is 0.486. The van der Waals surface area contributed by atoms with Crippen molar-refractivity contribution in [1.29, 1.82) is 0 Å². The number of benzene rings is 1. The van der Waals surface area contributed by atoms with Crippen LogP contribution in [0.2, 0.25) is 5.28 Å².